The molecule has 11 nitrogen and oxygen atoms in total. The lowest BCUT2D eigenvalue weighted by Gasteiger charge is -2.38. The first-order valence-electron chi connectivity index (χ1n) is 13.3. The second-order valence-corrected chi connectivity index (χ2v) is 17.9. The standard InChI is InChI=1S/C25H37F2N7O4SSi/c1-18-16-22(31-24(29-18)34-9-6-25(26,27)7-10-34)30-23(36)20-5-4-19(32-39(37,38)28-8-13-35)17-21(20)33-11-14-40(2,3)15-12-33/h4-5,16-17,28,32,35H,6-15H2,1-3H3,(H,29,30,31,36). The molecular formula is C25H37F2N7O4SSi. The summed E-state index contributed by atoms with van der Waals surface area (Å²) >= 11 is 0. The van der Waals surface area contributed by atoms with Crippen molar-refractivity contribution in [2.75, 3.05) is 59.2 Å². The lowest BCUT2D eigenvalue weighted by atomic mass is 10.1. The number of amides is 1. The number of benzene rings is 1. The molecule has 2 fully saturated rings. The van der Waals surface area contributed by atoms with Gasteiger partial charge in [0, 0.05) is 57.3 Å². The third kappa shape index (κ3) is 7.86. The van der Waals surface area contributed by atoms with Gasteiger partial charge in [0.05, 0.1) is 31.6 Å². The van der Waals surface area contributed by atoms with Crippen molar-refractivity contribution in [1.29, 1.82) is 0 Å². The fourth-order valence-corrected chi connectivity index (χ4v) is 7.62. The van der Waals surface area contributed by atoms with Crippen molar-refractivity contribution >= 4 is 47.3 Å². The summed E-state index contributed by atoms with van der Waals surface area (Å²) in [6.07, 6.45) is -0.563. The van der Waals surface area contributed by atoms with E-state index in [1.807, 2.05) is 0 Å². The van der Waals surface area contributed by atoms with Gasteiger partial charge in [-0.2, -0.15) is 18.1 Å². The number of aliphatic hydroxyl groups excluding tert-OH is 1. The van der Waals surface area contributed by atoms with Crippen LogP contribution in [0.2, 0.25) is 25.2 Å². The van der Waals surface area contributed by atoms with Crippen molar-refractivity contribution in [3.05, 3.63) is 35.5 Å². The van der Waals surface area contributed by atoms with Gasteiger partial charge in [0.25, 0.3) is 22.0 Å². The van der Waals surface area contributed by atoms with E-state index in [2.05, 4.69) is 42.7 Å². The molecule has 1 aromatic heterocycles. The average Bonchev–Trinajstić information content (AvgIpc) is 2.87. The molecule has 0 radical (unpaired) electrons. The molecule has 4 N–H and O–H groups in total. The highest BCUT2D eigenvalue weighted by Crippen LogP contribution is 2.32. The van der Waals surface area contributed by atoms with E-state index in [0.29, 0.717) is 16.9 Å². The van der Waals surface area contributed by atoms with E-state index in [1.54, 1.807) is 30.0 Å². The number of piperidine rings is 1. The molecule has 0 atom stereocenters. The maximum atomic E-state index is 13.6. The number of nitrogens with one attached hydrogen (secondary N) is 3. The maximum Gasteiger partial charge on any atom is 0.299 e. The van der Waals surface area contributed by atoms with Gasteiger partial charge in [0.15, 0.2) is 0 Å². The number of anilines is 4. The predicted octanol–water partition coefficient (Wildman–Crippen LogP) is 3.04. The van der Waals surface area contributed by atoms with Crippen LogP contribution in [0.15, 0.2) is 24.3 Å². The van der Waals surface area contributed by atoms with Crippen molar-refractivity contribution in [2.45, 2.75) is 50.9 Å². The number of aromatic nitrogens is 2. The number of rotatable bonds is 9. The number of nitrogens with zero attached hydrogens (tertiary/aromatic N) is 4. The normalized spacial score (nSPS) is 18.9. The molecule has 15 heteroatoms. The zero-order chi connectivity index (χ0) is 29.1. The molecular weight excluding hydrogens is 560 g/mol. The topological polar surface area (TPSA) is 140 Å². The molecule has 0 unspecified atom stereocenters. The molecule has 0 spiro atoms. The van der Waals surface area contributed by atoms with Crippen molar-refractivity contribution in [3.63, 3.8) is 0 Å². The Kier molecular flexibility index (Phi) is 8.97. The molecule has 1 amide bonds. The highest BCUT2D eigenvalue weighted by molar-refractivity contribution is 7.90. The number of carbonyl (C=O) groups excluding carboxylic acids is 1. The minimum absolute atomic E-state index is 0.118. The molecule has 2 aliphatic heterocycles. The molecule has 0 saturated carbocycles. The first-order chi connectivity index (χ1) is 18.8. The Balaban J connectivity index is 1.59. The summed E-state index contributed by atoms with van der Waals surface area (Å²) in [7, 11) is -5.24. The Morgan fingerprint density at radius 1 is 1.07 bits per heavy atom. The lowest BCUT2D eigenvalue weighted by Crippen LogP contribution is -2.43. The van der Waals surface area contributed by atoms with E-state index < -0.39 is 30.1 Å². The predicted molar refractivity (Wildman–Crippen MR) is 154 cm³/mol. The Morgan fingerprint density at radius 3 is 2.40 bits per heavy atom. The van der Waals surface area contributed by atoms with Crippen LogP contribution < -0.4 is 24.6 Å². The molecule has 4 rings (SSSR count). The van der Waals surface area contributed by atoms with Gasteiger partial charge in [-0.1, -0.05) is 13.1 Å². The molecule has 220 valence electrons. The molecule has 1 aromatic carbocycles. The summed E-state index contributed by atoms with van der Waals surface area (Å²) in [5.41, 5.74) is 1.80. The molecule has 0 bridgehead atoms. The number of aliphatic hydroxyl groups is 1. The Hall–Kier alpha value is -2.88. The average molecular weight is 598 g/mol. The van der Waals surface area contributed by atoms with Gasteiger partial charge in [-0.05, 0) is 37.2 Å². The monoisotopic (exact) mass is 597 g/mol. The van der Waals surface area contributed by atoms with Crippen molar-refractivity contribution < 1.29 is 27.1 Å². The van der Waals surface area contributed by atoms with E-state index in [9.17, 15) is 22.0 Å². The second-order valence-electron chi connectivity index (χ2n) is 11.1. The summed E-state index contributed by atoms with van der Waals surface area (Å²) in [5.74, 6) is -2.59. The van der Waals surface area contributed by atoms with Crippen LogP contribution in [0.25, 0.3) is 0 Å². The number of hydrogen-bond acceptors (Lipinski definition) is 8. The van der Waals surface area contributed by atoms with E-state index in [-0.39, 0.29) is 56.5 Å². The minimum Gasteiger partial charge on any atom is -0.395 e. The zero-order valence-electron chi connectivity index (χ0n) is 23.0. The molecule has 0 aliphatic carbocycles. The van der Waals surface area contributed by atoms with Gasteiger partial charge in [-0.3, -0.25) is 9.52 Å². The maximum absolute atomic E-state index is 13.6. The number of alkyl halides is 2. The van der Waals surface area contributed by atoms with Crippen LogP contribution in [0.1, 0.15) is 28.9 Å². The van der Waals surface area contributed by atoms with Crippen LogP contribution in [0, 0.1) is 6.92 Å². The molecule has 40 heavy (non-hydrogen) atoms. The van der Waals surface area contributed by atoms with E-state index in [4.69, 9.17) is 5.11 Å². The second kappa shape index (κ2) is 11.9. The fourth-order valence-electron chi connectivity index (χ4n) is 4.75. The van der Waals surface area contributed by atoms with Crippen LogP contribution in [-0.2, 0) is 10.2 Å². The summed E-state index contributed by atoms with van der Waals surface area (Å²) in [4.78, 5) is 26.2. The minimum atomic E-state index is -3.91. The van der Waals surface area contributed by atoms with Crippen LogP contribution in [0.4, 0.5) is 31.9 Å². The van der Waals surface area contributed by atoms with Crippen LogP contribution in [0.5, 0.6) is 0 Å². The van der Waals surface area contributed by atoms with Gasteiger partial charge < -0.3 is 20.2 Å². The summed E-state index contributed by atoms with van der Waals surface area (Å²) in [5, 5.41) is 11.8. The van der Waals surface area contributed by atoms with E-state index >= 15 is 0 Å². The molecule has 2 aliphatic rings. The van der Waals surface area contributed by atoms with Gasteiger partial charge in [0.1, 0.15) is 5.82 Å². The third-order valence-corrected chi connectivity index (χ3v) is 11.5. The number of hydrogen-bond donors (Lipinski definition) is 4. The summed E-state index contributed by atoms with van der Waals surface area (Å²) in [6.45, 7) is 7.66. The highest BCUT2D eigenvalue weighted by atomic mass is 32.2. The number of carbonyl (C=O) groups is 1. The number of halogens is 2. The van der Waals surface area contributed by atoms with Gasteiger partial charge in [-0.25, -0.2) is 13.8 Å². The molecule has 2 saturated heterocycles. The zero-order valence-corrected chi connectivity index (χ0v) is 24.8. The third-order valence-electron chi connectivity index (χ3n) is 7.22. The first-order valence-corrected chi connectivity index (χ1v) is 18.2. The van der Waals surface area contributed by atoms with E-state index in [1.165, 1.54) is 6.07 Å². The van der Waals surface area contributed by atoms with Crippen molar-refractivity contribution in [1.82, 2.24) is 14.7 Å². The Bertz CT molecular complexity index is 1330. The van der Waals surface area contributed by atoms with Crippen LogP contribution in [0.3, 0.4) is 0 Å². The van der Waals surface area contributed by atoms with Crippen molar-refractivity contribution in [3.8, 4) is 0 Å². The quantitative estimate of drug-likeness (QED) is 0.324. The lowest BCUT2D eigenvalue weighted by molar-refractivity contribution is -0.0222. The SMILES string of the molecule is Cc1cc(NC(=O)c2ccc(NS(=O)(=O)NCCO)cc2N2CC[Si](C)(C)CC2)nc(N2CCC(F)(F)CC2)n1. The summed E-state index contributed by atoms with van der Waals surface area (Å²) in [6, 6.07) is 8.38. The first kappa shape index (κ1) is 30.1. The Labute approximate surface area is 234 Å². The highest BCUT2D eigenvalue weighted by Gasteiger charge is 2.35. The van der Waals surface area contributed by atoms with Crippen LogP contribution >= 0.6 is 0 Å². The van der Waals surface area contributed by atoms with E-state index in [0.717, 1.165) is 25.2 Å². The fraction of sp³-hybridized carbons (Fsp3) is 0.560. The molecule has 3 heterocycles. The Morgan fingerprint density at radius 2 is 1.75 bits per heavy atom. The summed E-state index contributed by atoms with van der Waals surface area (Å²) < 4.78 is 56.7. The smallest absolute Gasteiger partial charge is 0.299 e. The number of aryl methyl sites for hydroxylation is 1. The van der Waals surface area contributed by atoms with Gasteiger partial charge in [-0.15, -0.1) is 0 Å². The van der Waals surface area contributed by atoms with Crippen molar-refractivity contribution in [2.24, 2.45) is 0 Å². The van der Waals surface area contributed by atoms with Crippen LogP contribution in [-0.4, -0.2) is 82.7 Å². The van der Waals surface area contributed by atoms with Gasteiger partial charge >= 0.3 is 0 Å². The largest absolute Gasteiger partial charge is 0.395 e. The molecule has 2 aromatic rings. The van der Waals surface area contributed by atoms with Gasteiger partial charge in [0.2, 0.25) is 5.95 Å².